The summed E-state index contributed by atoms with van der Waals surface area (Å²) < 4.78 is 0. The van der Waals surface area contributed by atoms with Crippen LogP contribution in [0.3, 0.4) is 0 Å². The molecule has 1 radical (unpaired) electrons. The van der Waals surface area contributed by atoms with Crippen LogP contribution in [0.2, 0.25) is 0 Å². The largest absolute Gasteiger partial charge is 0.289 e. The van der Waals surface area contributed by atoms with Crippen molar-refractivity contribution in [2.45, 2.75) is 0 Å². The standard InChI is InChI=1S/C6H4N5O/c7-6(12)5-4-3(10-11-5)1-8-2-9-4/h1-2,7H,(H,10,11). The van der Waals surface area contributed by atoms with E-state index in [1.807, 2.05) is 0 Å². The van der Waals surface area contributed by atoms with Crippen LogP contribution in [0.25, 0.3) is 11.0 Å². The molecule has 0 aliphatic heterocycles. The van der Waals surface area contributed by atoms with Gasteiger partial charge in [0.25, 0.3) is 5.91 Å². The minimum atomic E-state index is -0.823. The summed E-state index contributed by atoms with van der Waals surface area (Å²) in [5.74, 6) is -0.823. The molecule has 2 N–H and O–H groups in total. The molecular weight excluding hydrogens is 158 g/mol. The number of aromatic amines is 1. The summed E-state index contributed by atoms with van der Waals surface area (Å²) in [6.45, 7) is 0. The fraction of sp³-hybridized carbons (Fsp3) is 0. The minimum absolute atomic E-state index is 0.104. The SMILES string of the molecule is [NH]C(=O)c1[nH]nc2cncnc12. The van der Waals surface area contributed by atoms with Crippen molar-refractivity contribution in [3.8, 4) is 0 Å². The van der Waals surface area contributed by atoms with Crippen LogP contribution in [-0.2, 0) is 0 Å². The Bertz CT molecular complexity index is 434. The van der Waals surface area contributed by atoms with Crippen LogP contribution in [0.1, 0.15) is 10.5 Å². The molecule has 0 unspecified atom stereocenters. The number of hydrogen-bond acceptors (Lipinski definition) is 4. The molecule has 0 aliphatic rings. The molecular formula is C6H4N5O. The van der Waals surface area contributed by atoms with Crippen LogP contribution in [0.4, 0.5) is 0 Å². The zero-order chi connectivity index (χ0) is 8.55. The first-order valence-corrected chi connectivity index (χ1v) is 3.19. The van der Waals surface area contributed by atoms with E-state index in [0.717, 1.165) is 0 Å². The van der Waals surface area contributed by atoms with Gasteiger partial charge in [0.2, 0.25) is 0 Å². The lowest BCUT2D eigenvalue weighted by atomic mass is 10.3. The summed E-state index contributed by atoms with van der Waals surface area (Å²) in [5, 5.41) is 6.17. The Morgan fingerprint density at radius 2 is 2.42 bits per heavy atom. The zero-order valence-corrected chi connectivity index (χ0v) is 5.90. The van der Waals surface area contributed by atoms with Gasteiger partial charge in [0.1, 0.15) is 17.4 Å². The van der Waals surface area contributed by atoms with Crippen molar-refractivity contribution in [3.63, 3.8) is 0 Å². The first-order valence-electron chi connectivity index (χ1n) is 3.19. The molecule has 0 aliphatic carbocycles. The van der Waals surface area contributed by atoms with Crippen LogP contribution >= 0.6 is 0 Å². The van der Waals surface area contributed by atoms with Gasteiger partial charge in [0.15, 0.2) is 5.69 Å². The Hall–Kier alpha value is -1.98. The summed E-state index contributed by atoms with van der Waals surface area (Å²) in [4.78, 5) is 18.2. The highest BCUT2D eigenvalue weighted by Crippen LogP contribution is 2.09. The molecule has 0 saturated carbocycles. The number of hydrogen-bond donors (Lipinski definition) is 1. The van der Waals surface area contributed by atoms with Gasteiger partial charge < -0.3 is 0 Å². The maximum atomic E-state index is 10.7. The smallest absolute Gasteiger partial charge is 0.270 e. The summed E-state index contributed by atoms with van der Waals surface area (Å²) in [6.07, 6.45) is 2.79. The van der Waals surface area contributed by atoms with E-state index in [1.54, 1.807) is 0 Å². The second-order valence-corrected chi connectivity index (χ2v) is 2.18. The molecule has 0 atom stereocenters. The molecule has 2 aromatic rings. The number of aromatic nitrogens is 4. The highest BCUT2D eigenvalue weighted by atomic mass is 16.1. The van der Waals surface area contributed by atoms with E-state index in [9.17, 15) is 4.79 Å². The third-order valence-corrected chi connectivity index (χ3v) is 1.44. The lowest BCUT2D eigenvalue weighted by Crippen LogP contribution is -2.00. The van der Waals surface area contributed by atoms with E-state index in [2.05, 4.69) is 20.2 Å². The average Bonchev–Trinajstić information content (AvgIpc) is 2.47. The first-order chi connectivity index (χ1) is 5.79. The Morgan fingerprint density at radius 1 is 1.58 bits per heavy atom. The molecule has 59 valence electrons. The Morgan fingerprint density at radius 3 is 3.17 bits per heavy atom. The molecule has 0 bridgehead atoms. The van der Waals surface area contributed by atoms with Gasteiger partial charge in [0, 0.05) is 0 Å². The summed E-state index contributed by atoms with van der Waals surface area (Å²) in [5.41, 5.74) is 7.84. The van der Waals surface area contributed by atoms with Crippen LogP contribution in [0, 0.1) is 0 Å². The van der Waals surface area contributed by atoms with Gasteiger partial charge in [0.05, 0.1) is 6.20 Å². The second-order valence-electron chi connectivity index (χ2n) is 2.18. The third kappa shape index (κ3) is 0.815. The predicted octanol–water partition coefficient (Wildman–Crippen LogP) is -0.224. The number of carbonyl (C=O) groups excluding carboxylic acids is 1. The van der Waals surface area contributed by atoms with Crippen LogP contribution in [0.15, 0.2) is 12.5 Å². The van der Waals surface area contributed by atoms with Gasteiger partial charge in [-0.2, -0.15) is 5.10 Å². The molecule has 12 heavy (non-hydrogen) atoms. The summed E-state index contributed by atoms with van der Waals surface area (Å²) >= 11 is 0. The summed E-state index contributed by atoms with van der Waals surface area (Å²) in [6, 6.07) is 0. The predicted molar refractivity (Wildman–Crippen MR) is 39.1 cm³/mol. The highest BCUT2D eigenvalue weighted by molar-refractivity contribution is 6.01. The van der Waals surface area contributed by atoms with E-state index in [0.29, 0.717) is 11.0 Å². The fourth-order valence-corrected chi connectivity index (χ4v) is 0.924. The average molecular weight is 162 g/mol. The van der Waals surface area contributed by atoms with Crippen LogP contribution in [0.5, 0.6) is 0 Å². The molecule has 2 aromatic heterocycles. The van der Waals surface area contributed by atoms with Gasteiger partial charge in [-0.15, -0.1) is 0 Å². The number of carbonyl (C=O) groups is 1. The van der Waals surface area contributed by atoms with Crippen molar-refractivity contribution < 1.29 is 4.79 Å². The molecule has 6 nitrogen and oxygen atoms in total. The first kappa shape index (κ1) is 6.71. The zero-order valence-electron chi connectivity index (χ0n) is 5.90. The minimum Gasteiger partial charge on any atom is -0.270 e. The van der Waals surface area contributed by atoms with Gasteiger partial charge in [-0.25, -0.2) is 9.97 Å². The normalized spacial score (nSPS) is 10.3. The van der Waals surface area contributed by atoms with Gasteiger partial charge in [-0.05, 0) is 0 Å². The number of fused-ring (bicyclic) bond motifs is 1. The van der Waals surface area contributed by atoms with Crippen molar-refractivity contribution in [1.82, 2.24) is 25.9 Å². The third-order valence-electron chi connectivity index (χ3n) is 1.44. The quantitative estimate of drug-likeness (QED) is 0.626. The second kappa shape index (κ2) is 2.26. The Balaban J connectivity index is 2.79. The number of nitrogens with zero attached hydrogens (tertiary/aromatic N) is 3. The maximum Gasteiger partial charge on any atom is 0.289 e. The number of amides is 1. The lowest BCUT2D eigenvalue weighted by molar-refractivity contribution is 0.0988. The van der Waals surface area contributed by atoms with Crippen molar-refractivity contribution in [2.75, 3.05) is 0 Å². The van der Waals surface area contributed by atoms with E-state index in [4.69, 9.17) is 5.73 Å². The number of H-pyrrole nitrogens is 1. The fourth-order valence-electron chi connectivity index (χ4n) is 0.924. The Kier molecular flexibility index (Phi) is 1.26. The van der Waals surface area contributed by atoms with Gasteiger partial charge >= 0.3 is 0 Å². The molecule has 2 rings (SSSR count). The number of rotatable bonds is 1. The van der Waals surface area contributed by atoms with Gasteiger partial charge in [-0.1, -0.05) is 0 Å². The molecule has 0 aromatic carbocycles. The van der Waals surface area contributed by atoms with Crippen molar-refractivity contribution in [2.24, 2.45) is 0 Å². The van der Waals surface area contributed by atoms with E-state index >= 15 is 0 Å². The van der Waals surface area contributed by atoms with Crippen molar-refractivity contribution in [1.29, 1.82) is 0 Å². The summed E-state index contributed by atoms with van der Waals surface area (Å²) in [7, 11) is 0. The maximum absolute atomic E-state index is 10.7. The number of nitrogens with one attached hydrogen (secondary N) is 2. The van der Waals surface area contributed by atoms with E-state index in [1.165, 1.54) is 12.5 Å². The van der Waals surface area contributed by atoms with E-state index in [-0.39, 0.29) is 5.69 Å². The molecule has 1 amide bonds. The van der Waals surface area contributed by atoms with Crippen molar-refractivity contribution in [3.05, 3.63) is 18.2 Å². The molecule has 0 spiro atoms. The monoisotopic (exact) mass is 162 g/mol. The topological polar surface area (TPSA) is 95.3 Å². The lowest BCUT2D eigenvalue weighted by Gasteiger charge is -1.86. The molecule has 0 saturated heterocycles. The highest BCUT2D eigenvalue weighted by Gasteiger charge is 2.10. The van der Waals surface area contributed by atoms with Crippen LogP contribution < -0.4 is 5.73 Å². The Labute approximate surface area is 66.8 Å². The van der Waals surface area contributed by atoms with E-state index < -0.39 is 5.91 Å². The van der Waals surface area contributed by atoms with Gasteiger partial charge in [-0.3, -0.25) is 15.6 Å². The van der Waals surface area contributed by atoms with Crippen LogP contribution in [-0.4, -0.2) is 26.1 Å². The molecule has 0 fully saturated rings. The van der Waals surface area contributed by atoms with Crippen molar-refractivity contribution >= 4 is 16.9 Å². The molecule has 6 heteroatoms. The molecule has 2 heterocycles.